The minimum absolute atomic E-state index is 0.0720. The fourth-order valence-corrected chi connectivity index (χ4v) is 2.62. The minimum atomic E-state index is -4.54. The van der Waals surface area contributed by atoms with Gasteiger partial charge in [-0.25, -0.2) is 4.39 Å². The molecule has 0 amide bonds. The van der Waals surface area contributed by atoms with Crippen LogP contribution in [-0.2, 0) is 17.5 Å². The van der Waals surface area contributed by atoms with Gasteiger partial charge < -0.3 is 10.1 Å². The highest BCUT2D eigenvalue weighted by Crippen LogP contribution is 2.32. The Balaban J connectivity index is 2.02. The van der Waals surface area contributed by atoms with Crippen molar-refractivity contribution in [2.45, 2.75) is 38.5 Å². The fourth-order valence-electron chi connectivity index (χ4n) is 2.62. The van der Waals surface area contributed by atoms with E-state index in [1.807, 2.05) is 6.92 Å². The van der Waals surface area contributed by atoms with Gasteiger partial charge in [-0.15, -0.1) is 0 Å². The predicted octanol–water partition coefficient (Wildman–Crippen LogP) is 3.75. The van der Waals surface area contributed by atoms with Gasteiger partial charge in [0.1, 0.15) is 5.82 Å². The number of rotatable bonds is 4. The molecule has 1 aliphatic rings. The zero-order chi connectivity index (χ0) is 15.5. The standard InChI is InChI=1S/C15H19F4NO/c1-10(11-4-6-21-7-5-11)20-9-12-2-3-13(16)8-14(12)15(17,18)19/h2-3,8,10-11,20H,4-7,9H2,1H3. The second kappa shape index (κ2) is 6.75. The van der Waals surface area contributed by atoms with Crippen LogP contribution in [0.1, 0.15) is 30.9 Å². The number of halogens is 4. The van der Waals surface area contributed by atoms with Crippen LogP contribution in [0, 0.1) is 11.7 Å². The summed E-state index contributed by atoms with van der Waals surface area (Å²) in [7, 11) is 0. The average molecular weight is 305 g/mol. The van der Waals surface area contributed by atoms with Gasteiger partial charge in [-0.1, -0.05) is 6.07 Å². The molecule has 1 atom stereocenters. The van der Waals surface area contributed by atoms with Crippen molar-refractivity contribution in [1.82, 2.24) is 5.32 Å². The minimum Gasteiger partial charge on any atom is -0.381 e. The molecule has 1 aromatic carbocycles. The summed E-state index contributed by atoms with van der Waals surface area (Å²) in [6.45, 7) is 3.43. The zero-order valence-electron chi connectivity index (χ0n) is 11.8. The first-order valence-electron chi connectivity index (χ1n) is 7.04. The van der Waals surface area contributed by atoms with Crippen LogP contribution < -0.4 is 5.32 Å². The maximum Gasteiger partial charge on any atom is 0.416 e. The molecule has 2 rings (SSSR count). The van der Waals surface area contributed by atoms with Gasteiger partial charge in [0, 0.05) is 25.8 Å². The molecular formula is C15H19F4NO. The highest BCUT2D eigenvalue weighted by Gasteiger charge is 2.33. The molecular weight excluding hydrogens is 286 g/mol. The van der Waals surface area contributed by atoms with Crippen molar-refractivity contribution < 1.29 is 22.3 Å². The van der Waals surface area contributed by atoms with Gasteiger partial charge in [0.15, 0.2) is 0 Å². The van der Waals surface area contributed by atoms with Crippen LogP contribution in [0.3, 0.4) is 0 Å². The number of hydrogen-bond donors (Lipinski definition) is 1. The van der Waals surface area contributed by atoms with Gasteiger partial charge in [-0.2, -0.15) is 13.2 Å². The molecule has 0 radical (unpaired) electrons. The van der Waals surface area contributed by atoms with E-state index in [1.54, 1.807) is 0 Å². The van der Waals surface area contributed by atoms with Gasteiger partial charge in [0.2, 0.25) is 0 Å². The summed E-state index contributed by atoms with van der Waals surface area (Å²) in [4.78, 5) is 0. The topological polar surface area (TPSA) is 21.3 Å². The van der Waals surface area contributed by atoms with Gasteiger partial charge in [0.25, 0.3) is 0 Å². The maximum absolute atomic E-state index is 13.0. The van der Waals surface area contributed by atoms with E-state index in [4.69, 9.17) is 4.74 Å². The molecule has 0 aliphatic carbocycles. The third-order valence-electron chi connectivity index (χ3n) is 3.96. The number of alkyl halides is 3. The molecule has 1 unspecified atom stereocenters. The molecule has 118 valence electrons. The van der Waals surface area contributed by atoms with Crippen molar-refractivity contribution in [3.8, 4) is 0 Å². The Hall–Kier alpha value is -1.14. The first-order valence-corrected chi connectivity index (χ1v) is 7.04. The molecule has 1 N–H and O–H groups in total. The molecule has 1 aromatic rings. The van der Waals surface area contributed by atoms with Crippen LogP contribution in [0.25, 0.3) is 0 Å². The van der Waals surface area contributed by atoms with Gasteiger partial charge >= 0.3 is 6.18 Å². The number of hydrogen-bond acceptors (Lipinski definition) is 2. The molecule has 0 saturated carbocycles. The first-order chi connectivity index (χ1) is 9.88. The van der Waals surface area contributed by atoms with Gasteiger partial charge in [-0.3, -0.25) is 0 Å². The molecule has 6 heteroatoms. The summed E-state index contributed by atoms with van der Waals surface area (Å²) < 4.78 is 57.0. The lowest BCUT2D eigenvalue weighted by molar-refractivity contribution is -0.138. The summed E-state index contributed by atoms with van der Waals surface area (Å²) in [5.41, 5.74) is -0.836. The molecule has 0 bridgehead atoms. The van der Waals surface area contributed by atoms with Crippen LogP contribution in [0.15, 0.2) is 18.2 Å². The lowest BCUT2D eigenvalue weighted by Gasteiger charge is -2.28. The van der Waals surface area contributed by atoms with E-state index in [0.717, 1.165) is 18.9 Å². The summed E-state index contributed by atoms with van der Waals surface area (Å²) in [6.07, 6.45) is -2.73. The van der Waals surface area contributed by atoms with E-state index < -0.39 is 17.6 Å². The summed E-state index contributed by atoms with van der Waals surface area (Å²) >= 11 is 0. The van der Waals surface area contributed by atoms with Crippen molar-refractivity contribution in [3.63, 3.8) is 0 Å². The van der Waals surface area contributed by atoms with E-state index in [1.165, 1.54) is 6.07 Å². The van der Waals surface area contributed by atoms with Crippen molar-refractivity contribution in [3.05, 3.63) is 35.1 Å². The second-order valence-corrected chi connectivity index (χ2v) is 5.42. The second-order valence-electron chi connectivity index (χ2n) is 5.42. The maximum atomic E-state index is 13.0. The first kappa shape index (κ1) is 16.2. The van der Waals surface area contributed by atoms with Crippen LogP contribution in [0.4, 0.5) is 17.6 Å². The molecule has 1 heterocycles. The molecule has 0 aromatic heterocycles. The van der Waals surface area contributed by atoms with Crippen LogP contribution in [0.5, 0.6) is 0 Å². The summed E-state index contributed by atoms with van der Waals surface area (Å²) in [5, 5.41) is 3.12. The number of nitrogens with one attached hydrogen (secondary N) is 1. The summed E-state index contributed by atoms with van der Waals surface area (Å²) in [5.74, 6) is -0.475. The van der Waals surface area contributed by atoms with Crippen molar-refractivity contribution in [2.24, 2.45) is 5.92 Å². The lowest BCUT2D eigenvalue weighted by Crippen LogP contribution is -2.36. The van der Waals surface area contributed by atoms with Crippen LogP contribution in [0.2, 0.25) is 0 Å². The Bertz CT molecular complexity index is 469. The Morgan fingerprint density at radius 2 is 1.95 bits per heavy atom. The molecule has 21 heavy (non-hydrogen) atoms. The summed E-state index contributed by atoms with van der Waals surface area (Å²) in [6, 6.07) is 2.91. The van der Waals surface area contributed by atoms with E-state index in [-0.39, 0.29) is 18.2 Å². The van der Waals surface area contributed by atoms with E-state index in [0.29, 0.717) is 25.2 Å². The normalized spacial score (nSPS) is 18.7. The Kier molecular flexibility index (Phi) is 5.22. The highest BCUT2D eigenvalue weighted by atomic mass is 19.4. The Morgan fingerprint density at radius 3 is 2.57 bits per heavy atom. The van der Waals surface area contributed by atoms with Gasteiger partial charge in [0.05, 0.1) is 5.56 Å². The lowest BCUT2D eigenvalue weighted by atomic mass is 9.92. The fraction of sp³-hybridized carbons (Fsp3) is 0.600. The molecule has 1 fully saturated rings. The molecule has 1 aliphatic heterocycles. The van der Waals surface area contributed by atoms with E-state index in [2.05, 4.69) is 5.32 Å². The number of benzene rings is 1. The quantitative estimate of drug-likeness (QED) is 0.856. The average Bonchev–Trinajstić information content (AvgIpc) is 2.45. The largest absolute Gasteiger partial charge is 0.416 e. The van der Waals surface area contributed by atoms with Crippen molar-refractivity contribution in [1.29, 1.82) is 0 Å². The Morgan fingerprint density at radius 1 is 1.29 bits per heavy atom. The monoisotopic (exact) mass is 305 g/mol. The molecule has 2 nitrogen and oxygen atoms in total. The number of ether oxygens (including phenoxy) is 1. The molecule has 0 spiro atoms. The van der Waals surface area contributed by atoms with Crippen molar-refractivity contribution >= 4 is 0 Å². The van der Waals surface area contributed by atoms with Crippen LogP contribution >= 0.6 is 0 Å². The molecule has 1 saturated heterocycles. The highest BCUT2D eigenvalue weighted by molar-refractivity contribution is 5.30. The smallest absolute Gasteiger partial charge is 0.381 e. The van der Waals surface area contributed by atoms with E-state index in [9.17, 15) is 17.6 Å². The third-order valence-corrected chi connectivity index (χ3v) is 3.96. The Labute approximate surface area is 121 Å². The third kappa shape index (κ3) is 4.41. The van der Waals surface area contributed by atoms with Crippen molar-refractivity contribution in [2.75, 3.05) is 13.2 Å². The van der Waals surface area contributed by atoms with E-state index >= 15 is 0 Å². The van der Waals surface area contributed by atoms with Crippen LogP contribution in [-0.4, -0.2) is 19.3 Å². The zero-order valence-corrected chi connectivity index (χ0v) is 11.8. The predicted molar refractivity (Wildman–Crippen MR) is 71.2 cm³/mol. The SMILES string of the molecule is CC(NCc1ccc(F)cc1C(F)(F)F)C1CCOCC1. The van der Waals surface area contributed by atoms with Gasteiger partial charge in [-0.05, 0) is 43.4 Å².